The number of aliphatic hydroxyl groups excluding tert-OH is 1. The zero-order valence-corrected chi connectivity index (χ0v) is 7.46. The maximum Gasteiger partial charge on any atom is 0.117 e. The van der Waals surface area contributed by atoms with Crippen LogP contribution in [0.15, 0.2) is 0 Å². The van der Waals surface area contributed by atoms with Crippen LogP contribution < -0.4 is 0 Å². The number of rotatable bonds is 1. The summed E-state index contributed by atoms with van der Waals surface area (Å²) in [6.07, 6.45) is 1.87. The number of nitrogens with zero attached hydrogens (tertiary/aromatic N) is 1. The summed E-state index contributed by atoms with van der Waals surface area (Å²) >= 11 is 0. The van der Waals surface area contributed by atoms with E-state index < -0.39 is 6.17 Å². The molecule has 0 spiro atoms. The van der Waals surface area contributed by atoms with Gasteiger partial charge in [-0.2, -0.15) is 0 Å². The fourth-order valence-electron chi connectivity index (χ4n) is 2.78. The summed E-state index contributed by atoms with van der Waals surface area (Å²) in [5, 5.41) is 9.25. The zero-order valence-electron chi connectivity index (χ0n) is 7.46. The van der Waals surface area contributed by atoms with Crippen LogP contribution in [0.25, 0.3) is 0 Å². The highest BCUT2D eigenvalue weighted by molar-refractivity contribution is 5.06. The highest BCUT2D eigenvalue weighted by Crippen LogP contribution is 2.42. The van der Waals surface area contributed by atoms with E-state index in [-0.39, 0.29) is 18.2 Å². The summed E-state index contributed by atoms with van der Waals surface area (Å²) in [4.78, 5) is 2.15. The third-order valence-corrected chi connectivity index (χ3v) is 3.53. The van der Waals surface area contributed by atoms with Gasteiger partial charge in [-0.25, -0.2) is 4.39 Å². The standard InChI is InChI=1S/C9H16FNO/c1-7-8(10)5-9(6-12)3-2-4-11(7)9/h7-8,12H,2-6H2,1H3/t7-,8+,9-/m1/s1. The SMILES string of the molecule is C[C@@H]1[C@@H](F)C[C@@]2(CO)CCCN12. The van der Waals surface area contributed by atoms with Crippen LogP contribution in [0, 0.1) is 0 Å². The van der Waals surface area contributed by atoms with Crippen molar-refractivity contribution in [2.24, 2.45) is 0 Å². The molecule has 2 heterocycles. The van der Waals surface area contributed by atoms with E-state index in [9.17, 15) is 9.50 Å². The third kappa shape index (κ3) is 0.927. The summed E-state index contributed by atoms with van der Waals surface area (Å²) in [5.74, 6) is 0. The van der Waals surface area contributed by atoms with Crippen molar-refractivity contribution in [3.63, 3.8) is 0 Å². The van der Waals surface area contributed by atoms with Gasteiger partial charge in [0.1, 0.15) is 6.17 Å². The summed E-state index contributed by atoms with van der Waals surface area (Å²) in [5.41, 5.74) is -0.196. The maximum absolute atomic E-state index is 13.3. The first-order chi connectivity index (χ1) is 5.69. The van der Waals surface area contributed by atoms with Crippen molar-refractivity contribution in [3.05, 3.63) is 0 Å². The molecule has 0 radical (unpaired) electrons. The van der Waals surface area contributed by atoms with Crippen LogP contribution in [0.4, 0.5) is 4.39 Å². The van der Waals surface area contributed by atoms with E-state index in [4.69, 9.17) is 0 Å². The molecule has 2 rings (SSSR count). The summed E-state index contributed by atoms with van der Waals surface area (Å²) < 4.78 is 13.3. The second kappa shape index (κ2) is 2.67. The highest BCUT2D eigenvalue weighted by Gasteiger charge is 2.52. The van der Waals surface area contributed by atoms with E-state index in [0.717, 1.165) is 19.4 Å². The number of aliphatic hydroxyl groups is 1. The van der Waals surface area contributed by atoms with E-state index in [1.807, 2.05) is 6.92 Å². The number of hydrogen-bond acceptors (Lipinski definition) is 2. The molecular formula is C9H16FNO. The molecule has 12 heavy (non-hydrogen) atoms. The fourth-order valence-corrected chi connectivity index (χ4v) is 2.78. The van der Waals surface area contributed by atoms with Crippen molar-refractivity contribution >= 4 is 0 Å². The van der Waals surface area contributed by atoms with Gasteiger partial charge in [-0.15, -0.1) is 0 Å². The molecule has 0 aromatic carbocycles. The van der Waals surface area contributed by atoms with Gasteiger partial charge in [0.05, 0.1) is 6.61 Å². The first-order valence-electron chi connectivity index (χ1n) is 4.71. The van der Waals surface area contributed by atoms with E-state index in [2.05, 4.69) is 4.90 Å². The van der Waals surface area contributed by atoms with E-state index >= 15 is 0 Å². The number of alkyl halides is 1. The van der Waals surface area contributed by atoms with Gasteiger partial charge in [0, 0.05) is 18.0 Å². The molecule has 3 heteroatoms. The van der Waals surface area contributed by atoms with Crippen molar-refractivity contribution in [3.8, 4) is 0 Å². The minimum absolute atomic E-state index is 0.0136. The number of fused-ring (bicyclic) bond motifs is 1. The summed E-state index contributed by atoms with van der Waals surface area (Å²) in [7, 11) is 0. The van der Waals surface area contributed by atoms with Crippen molar-refractivity contribution in [2.75, 3.05) is 13.2 Å². The molecule has 1 N–H and O–H groups in total. The molecule has 0 saturated carbocycles. The van der Waals surface area contributed by atoms with Crippen molar-refractivity contribution in [1.29, 1.82) is 0 Å². The van der Waals surface area contributed by atoms with E-state index in [1.54, 1.807) is 0 Å². The molecule has 0 unspecified atom stereocenters. The predicted molar refractivity (Wildman–Crippen MR) is 44.7 cm³/mol. The average Bonchev–Trinajstić information content (AvgIpc) is 2.55. The van der Waals surface area contributed by atoms with Gasteiger partial charge in [0.25, 0.3) is 0 Å². The smallest absolute Gasteiger partial charge is 0.117 e. The molecule has 0 aromatic heterocycles. The second-order valence-electron chi connectivity index (χ2n) is 4.14. The molecule has 2 aliphatic heterocycles. The predicted octanol–water partition coefficient (Wildman–Crippen LogP) is 0.944. The van der Waals surface area contributed by atoms with Crippen LogP contribution in [-0.4, -0.2) is 40.9 Å². The van der Waals surface area contributed by atoms with Gasteiger partial charge in [-0.1, -0.05) is 0 Å². The lowest BCUT2D eigenvalue weighted by Crippen LogP contribution is -2.44. The third-order valence-electron chi connectivity index (χ3n) is 3.53. The largest absolute Gasteiger partial charge is 0.394 e. The normalized spacial score (nSPS) is 48.2. The number of halogens is 1. The summed E-state index contributed by atoms with van der Waals surface area (Å²) in [6, 6.07) is 0.0136. The van der Waals surface area contributed by atoms with Crippen LogP contribution in [0.3, 0.4) is 0 Å². The lowest BCUT2D eigenvalue weighted by molar-refractivity contribution is 0.0810. The van der Waals surface area contributed by atoms with Crippen LogP contribution in [-0.2, 0) is 0 Å². The molecule has 0 bridgehead atoms. The molecule has 0 aliphatic carbocycles. The Bertz CT molecular complexity index is 187. The molecule has 0 aromatic rings. The van der Waals surface area contributed by atoms with Gasteiger partial charge >= 0.3 is 0 Å². The molecule has 2 saturated heterocycles. The van der Waals surface area contributed by atoms with Crippen molar-refractivity contribution < 1.29 is 9.50 Å². The molecule has 70 valence electrons. The van der Waals surface area contributed by atoms with Gasteiger partial charge in [0.15, 0.2) is 0 Å². The molecule has 3 atom stereocenters. The second-order valence-corrected chi connectivity index (χ2v) is 4.14. The molecule has 2 fully saturated rings. The zero-order chi connectivity index (χ0) is 8.77. The van der Waals surface area contributed by atoms with Gasteiger partial charge < -0.3 is 5.11 Å². The monoisotopic (exact) mass is 173 g/mol. The van der Waals surface area contributed by atoms with Crippen molar-refractivity contribution in [1.82, 2.24) is 4.90 Å². The average molecular weight is 173 g/mol. The van der Waals surface area contributed by atoms with E-state index in [0.29, 0.717) is 6.42 Å². The Kier molecular flexibility index (Phi) is 1.88. The quantitative estimate of drug-likeness (QED) is 0.638. The van der Waals surface area contributed by atoms with Crippen LogP contribution in [0.2, 0.25) is 0 Å². The van der Waals surface area contributed by atoms with Gasteiger partial charge in [0.2, 0.25) is 0 Å². The maximum atomic E-state index is 13.3. The van der Waals surface area contributed by atoms with E-state index in [1.165, 1.54) is 0 Å². The lowest BCUT2D eigenvalue weighted by Gasteiger charge is -2.31. The Labute approximate surface area is 72.4 Å². The number of hydrogen-bond donors (Lipinski definition) is 1. The molecule has 0 amide bonds. The molecule has 2 aliphatic rings. The fraction of sp³-hybridized carbons (Fsp3) is 1.00. The lowest BCUT2D eigenvalue weighted by atomic mass is 9.95. The van der Waals surface area contributed by atoms with Gasteiger partial charge in [-0.3, -0.25) is 4.90 Å². The van der Waals surface area contributed by atoms with Crippen molar-refractivity contribution in [2.45, 2.75) is 43.9 Å². The van der Waals surface area contributed by atoms with Crippen LogP contribution in [0.1, 0.15) is 26.2 Å². The van der Waals surface area contributed by atoms with Crippen LogP contribution >= 0.6 is 0 Å². The topological polar surface area (TPSA) is 23.5 Å². The minimum atomic E-state index is -0.738. The minimum Gasteiger partial charge on any atom is -0.394 e. The Morgan fingerprint density at radius 2 is 2.42 bits per heavy atom. The Morgan fingerprint density at radius 1 is 1.67 bits per heavy atom. The highest BCUT2D eigenvalue weighted by atomic mass is 19.1. The Hall–Kier alpha value is -0.150. The van der Waals surface area contributed by atoms with Crippen LogP contribution in [0.5, 0.6) is 0 Å². The van der Waals surface area contributed by atoms with Gasteiger partial charge in [-0.05, 0) is 26.3 Å². The Morgan fingerprint density at radius 3 is 3.00 bits per heavy atom. The Balaban J connectivity index is 2.22. The molecular weight excluding hydrogens is 157 g/mol. The first kappa shape index (κ1) is 8.45. The molecule has 2 nitrogen and oxygen atoms in total. The first-order valence-corrected chi connectivity index (χ1v) is 4.71. The summed E-state index contributed by atoms with van der Waals surface area (Å²) in [6.45, 7) is 3.01.